The Balaban J connectivity index is 1.87. The van der Waals surface area contributed by atoms with Crippen molar-refractivity contribution in [1.82, 2.24) is 4.90 Å². The van der Waals surface area contributed by atoms with Gasteiger partial charge in [-0.2, -0.15) is 0 Å². The standard InChI is InChI=1S/C30H34NP/c1-21-15-22(2)18-26(17-21)32(27-19-23(3)16-24(4)20-27)29-14-10-13-28(29)30(31(5)6)25-11-8-7-9-12-25/h7-20,29-30H,1-6H3/t29?,30-/m1/s1. The quantitative estimate of drug-likeness (QED) is 0.395. The molecule has 0 spiro atoms. The molecule has 3 aromatic carbocycles. The van der Waals surface area contributed by atoms with Crippen molar-refractivity contribution in [3.05, 3.63) is 118 Å². The molecular weight excluding hydrogens is 405 g/mol. The Labute approximate surface area is 195 Å². The highest BCUT2D eigenvalue weighted by Gasteiger charge is 2.33. The van der Waals surface area contributed by atoms with Crippen molar-refractivity contribution in [2.75, 3.05) is 14.1 Å². The van der Waals surface area contributed by atoms with E-state index in [1.54, 1.807) is 0 Å². The number of aryl methyl sites for hydroxylation is 4. The predicted octanol–water partition coefficient (Wildman–Crippen LogP) is 6.52. The van der Waals surface area contributed by atoms with Gasteiger partial charge in [-0.15, -0.1) is 0 Å². The molecule has 0 saturated heterocycles. The molecule has 0 bridgehead atoms. The summed E-state index contributed by atoms with van der Waals surface area (Å²) in [4.78, 5) is 2.36. The van der Waals surface area contributed by atoms with Crippen molar-refractivity contribution in [3.8, 4) is 0 Å². The monoisotopic (exact) mass is 439 g/mol. The Hall–Kier alpha value is -2.47. The molecule has 0 saturated carbocycles. The fourth-order valence-corrected chi connectivity index (χ4v) is 8.15. The third-order valence-electron chi connectivity index (χ3n) is 6.12. The van der Waals surface area contributed by atoms with E-state index in [4.69, 9.17) is 0 Å². The lowest BCUT2D eigenvalue weighted by Crippen LogP contribution is -2.29. The van der Waals surface area contributed by atoms with E-state index in [2.05, 4.69) is 132 Å². The summed E-state index contributed by atoms with van der Waals surface area (Å²) in [6.07, 6.45) is 7.08. The second kappa shape index (κ2) is 9.57. The number of benzene rings is 3. The molecule has 1 aliphatic carbocycles. The fourth-order valence-electron chi connectivity index (χ4n) is 5.04. The molecule has 2 heteroatoms. The van der Waals surface area contributed by atoms with Crippen LogP contribution >= 0.6 is 7.92 Å². The summed E-state index contributed by atoms with van der Waals surface area (Å²) in [5, 5.41) is 2.94. The first-order valence-corrected chi connectivity index (χ1v) is 12.8. The van der Waals surface area contributed by atoms with Crippen LogP contribution in [0.4, 0.5) is 0 Å². The molecule has 0 N–H and O–H groups in total. The molecule has 0 aliphatic heterocycles. The van der Waals surface area contributed by atoms with Crippen LogP contribution in [0.2, 0.25) is 0 Å². The molecule has 0 radical (unpaired) electrons. The second-order valence-electron chi connectivity index (χ2n) is 9.34. The topological polar surface area (TPSA) is 3.24 Å². The zero-order valence-electron chi connectivity index (χ0n) is 20.1. The molecule has 4 rings (SSSR count). The van der Waals surface area contributed by atoms with E-state index < -0.39 is 7.92 Å². The van der Waals surface area contributed by atoms with Crippen LogP contribution in [0.15, 0.2) is 90.5 Å². The zero-order chi connectivity index (χ0) is 22.8. The molecule has 0 fully saturated rings. The lowest BCUT2D eigenvalue weighted by atomic mass is 9.97. The van der Waals surface area contributed by atoms with E-state index in [1.165, 1.54) is 44.0 Å². The van der Waals surface area contributed by atoms with Gasteiger partial charge in [-0.3, -0.25) is 4.90 Å². The molecule has 164 valence electrons. The average Bonchev–Trinajstić information content (AvgIpc) is 3.16. The van der Waals surface area contributed by atoms with Crippen molar-refractivity contribution in [1.29, 1.82) is 0 Å². The van der Waals surface area contributed by atoms with Gasteiger partial charge in [0.1, 0.15) is 0 Å². The van der Waals surface area contributed by atoms with Gasteiger partial charge in [0.05, 0.1) is 6.04 Å². The average molecular weight is 440 g/mol. The van der Waals surface area contributed by atoms with Gasteiger partial charge < -0.3 is 0 Å². The van der Waals surface area contributed by atoms with Crippen LogP contribution in [0, 0.1) is 27.7 Å². The zero-order valence-corrected chi connectivity index (χ0v) is 21.0. The Morgan fingerprint density at radius 3 is 1.69 bits per heavy atom. The van der Waals surface area contributed by atoms with Crippen LogP contribution < -0.4 is 10.6 Å². The van der Waals surface area contributed by atoms with E-state index in [0.717, 1.165) is 0 Å². The summed E-state index contributed by atoms with van der Waals surface area (Å²) >= 11 is 0. The van der Waals surface area contributed by atoms with Crippen molar-refractivity contribution in [3.63, 3.8) is 0 Å². The smallest absolute Gasteiger partial charge is 0.0568 e. The summed E-state index contributed by atoms with van der Waals surface area (Å²) < 4.78 is 0. The van der Waals surface area contributed by atoms with Crippen molar-refractivity contribution < 1.29 is 0 Å². The van der Waals surface area contributed by atoms with Gasteiger partial charge >= 0.3 is 0 Å². The number of allylic oxidation sites excluding steroid dienone is 3. The number of likely N-dealkylation sites (N-methyl/N-ethyl adjacent to an activating group) is 1. The van der Waals surface area contributed by atoms with E-state index in [-0.39, 0.29) is 6.04 Å². The summed E-state index contributed by atoms with van der Waals surface area (Å²) in [7, 11) is 3.81. The van der Waals surface area contributed by atoms with E-state index in [1.807, 2.05) is 0 Å². The Kier molecular flexibility index (Phi) is 6.79. The molecule has 1 unspecified atom stereocenters. The minimum atomic E-state index is -0.585. The first kappa shape index (κ1) is 22.7. The highest BCUT2D eigenvalue weighted by molar-refractivity contribution is 7.74. The molecule has 1 nitrogen and oxygen atoms in total. The largest absolute Gasteiger partial charge is 0.299 e. The molecule has 2 atom stereocenters. The molecule has 0 aromatic heterocycles. The van der Waals surface area contributed by atoms with Crippen LogP contribution in [0.1, 0.15) is 33.9 Å². The highest BCUT2D eigenvalue weighted by atomic mass is 31.1. The summed E-state index contributed by atoms with van der Waals surface area (Å²) in [5.74, 6) is 0. The Bertz CT molecular complexity index is 1060. The molecule has 3 aromatic rings. The first-order valence-electron chi connectivity index (χ1n) is 11.4. The highest BCUT2D eigenvalue weighted by Crippen LogP contribution is 2.50. The van der Waals surface area contributed by atoms with Gasteiger partial charge in [-0.25, -0.2) is 0 Å². The van der Waals surface area contributed by atoms with E-state index in [9.17, 15) is 0 Å². The maximum Gasteiger partial charge on any atom is 0.0568 e. The molecule has 0 heterocycles. The second-order valence-corrected chi connectivity index (χ2v) is 11.7. The van der Waals surface area contributed by atoms with Gasteiger partial charge in [-0.05, 0) is 71.5 Å². The maximum atomic E-state index is 2.44. The third-order valence-corrected chi connectivity index (χ3v) is 8.77. The van der Waals surface area contributed by atoms with Gasteiger partial charge in [0.25, 0.3) is 0 Å². The lowest BCUT2D eigenvalue weighted by Gasteiger charge is -2.34. The van der Waals surface area contributed by atoms with Crippen molar-refractivity contribution in [2.45, 2.75) is 39.4 Å². The van der Waals surface area contributed by atoms with E-state index in [0.29, 0.717) is 5.66 Å². The fraction of sp³-hybridized carbons (Fsp3) is 0.267. The van der Waals surface area contributed by atoms with Gasteiger partial charge in [0.15, 0.2) is 0 Å². The molecule has 0 amide bonds. The van der Waals surface area contributed by atoms with Crippen molar-refractivity contribution in [2.24, 2.45) is 0 Å². The van der Waals surface area contributed by atoms with Crippen LogP contribution in [-0.4, -0.2) is 24.7 Å². The van der Waals surface area contributed by atoms with Crippen LogP contribution in [0.25, 0.3) is 0 Å². The van der Waals surface area contributed by atoms with Crippen LogP contribution in [0.5, 0.6) is 0 Å². The number of hydrogen-bond donors (Lipinski definition) is 0. The Morgan fingerprint density at radius 1 is 0.719 bits per heavy atom. The SMILES string of the molecule is Cc1cc(C)cc(P(c2cc(C)cc(C)c2)C2C=CC=C2[C@@H](c2ccccc2)N(C)C)c1. The Morgan fingerprint density at radius 2 is 1.22 bits per heavy atom. The molecule has 1 aliphatic rings. The minimum absolute atomic E-state index is 0.262. The number of hydrogen-bond acceptors (Lipinski definition) is 1. The third kappa shape index (κ3) is 4.80. The normalized spacial score (nSPS) is 16.6. The molecule has 32 heavy (non-hydrogen) atoms. The van der Waals surface area contributed by atoms with Crippen LogP contribution in [0.3, 0.4) is 0 Å². The van der Waals surface area contributed by atoms with Gasteiger partial charge in [-0.1, -0.05) is 107 Å². The van der Waals surface area contributed by atoms with Crippen LogP contribution in [-0.2, 0) is 0 Å². The lowest BCUT2D eigenvalue weighted by molar-refractivity contribution is 0.335. The maximum absolute atomic E-state index is 2.44. The van der Waals surface area contributed by atoms with Crippen molar-refractivity contribution >= 4 is 18.5 Å². The summed E-state index contributed by atoms with van der Waals surface area (Å²) in [6.45, 7) is 8.89. The number of rotatable bonds is 6. The van der Waals surface area contributed by atoms with E-state index >= 15 is 0 Å². The molecular formula is C30H34NP. The summed E-state index contributed by atoms with van der Waals surface area (Å²) in [5.41, 5.74) is 8.60. The van der Waals surface area contributed by atoms with Gasteiger partial charge in [0, 0.05) is 5.66 Å². The first-order chi connectivity index (χ1) is 15.3. The predicted molar refractivity (Wildman–Crippen MR) is 142 cm³/mol. The number of nitrogens with zero attached hydrogens (tertiary/aromatic N) is 1. The van der Waals surface area contributed by atoms with Gasteiger partial charge in [0.2, 0.25) is 0 Å². The summed E-state index contributed by atoms with van der Waals surface area (Å²) in [6, 6.07) is 25.4. The minimum Gasteiger partial charge on any atom is -0.299 e.